The highest BCUT2D eigenvalue weighted by Gasteiger charge is 2.25. The van der Waals surface area contributed by atoms with Crippen LogP contribution >= 0.6 is 11.6 Å². The van der Waals surface area contributed by atoms with Crippen LogP contribution in [0.1, 0.15) is 35.5 Å². The van der Waals surface area contributed by atoms with Gasteiger partial charge >= 0.3 is 0 Å². The minimum absolute atomic E-state index is 0.0240. The Morgan fingerprint density at radius 3 is 2.43 bits per heavy atom. The van der Waals surface area contributed by atoms with Gasteiger partial charge in [-0.05, 0) is 32.9 Å². The Kier molecular flexibility index (Phi) is 4.81. The molecule has 0 aliphatic rings. The van der Waals surface area contributed by atoms with Crippen LogP contribution in [0.3, 0.4) is 0 Å². The Morgan fingerprint density at radius 2 is 1.96 bits per heavy atom. The van der Waals surface area contributed by atoms with Crippen LogP contribution in [-0.2, 0) is 9.84 Å². The Bertz CT molecular complexity index is 855. The van der Waals surface area contributed by atoms with Crippen molar-refractivity contribution in [2.75, 3.05) is 6.26 Å². The Labute approximate surface area is 139 Å². The number of nitrogens with zero attached hydrogens (tertiary/aromatic N) is 1. The summed E-state index contributed by atoms with van der Waals surface area (Å²) in [7, 11) is -3.56. The van der Waals surface area contributed by atoms with Crippen molar-refractivity contribution < 1.29 is 22.5 Å². The number of halogens is 1. The van der Waals surface area contributed by atoms with E-state index in [4.69, 9.17) is 20.9 Å². The van der Waals surface area contributed by atoms with E-state index in [1.165, 1.54) is 18.3 Å². The van der Waals surface area contributed by atoms with Gasteiger partial charge in [0, 0.05) is 11.8 Å². The summed E-state index contributed by atoms with van der Waals surface area (Å²) in [6, 6.07) is 2.68. The van der Waals surface area contributed by atoms with Gasteiger partial charge in [0.05, 0.1) is 22.9 Å². The molecule has 1 aromatic carbocycles. The van der Waals surface area contributed by atoms with Crippen molar-refractivity contribution in [3.05, 3.63) is 40.2 Å². The molecule has 0 N–H and O–H groups in total. The van der Waals surface area contributed by atoms with E-state index in [0.29, 0.717) is 5.76 Å². The van der Waals surface area contributed by atoms with Gasteiger partial charge in [-0.3, -0.25) is 4.79 Å². The summed E-state index contributed by atoms with van der Waals surface area (Å²) in [5.74, 6) is -0.0869. The van der Waals surface area contributed by atoms with Gasteiger partial charge in [0.25, 0.3) is 0 Å². The molecular formula is C15H16ClNO5S. The minimum atomic E-state index is -3.56. The van der Waals surface area contributed by atoms with Gasteiger partial charge < -0.3 is 9.26 Å². The number of rotatable bonds is 5. The summed E-state index contributed by atoms with van der Waals surface area (Å²) in [6.45, 7) is 5.08. The summed E-state index contributed by atoms with van der Waals surface area (Å²) < 4.78 is 34.2. The van der Waals surface area contributed by atoms with E-state index >= 15 is 0 Å². The molecule has 0 aliphatic carbocycles. The molecule has 0 atom stereocenters. The van der Waals surface area contributed by atoms with E-state index in [2.05, 4.69) is 5.16 Å². The number of carbonyl (C=O) groups excluding carboxylic acids is 1. The van der Waals surface area contributed by atoms with Crippen LogP contribution in [0, 0.1) is 6.92 Å². The van der Waals surface area contributed by atoms with Crippen LogP contribution in [0.15, 0.2) is 27.7 Å². The Morgan fingerprint density at radius 1 is 1.30 bits per heavy atom. The van der Waals surface area contributed by atoms with Gasteiger partial charge in [0.2, 0.25) is 0 Å². The van der Waals surface area contributed by atoms with Gasteiger partial charge in [0.1, 0.15) is 10.7 Å². The van der Waals surface area contributed by atoms with Crippen molar-refractivity contribution in [2.45, 2.75) is 31.8 Å². The molecule has 0 unspecified atom stereocenters. The number of ketones is 1. The number of benzene rings is 1. The SMILES string of the molecule is Cc1oncc1C(=O)c1ccc(S(C)(=O)=O)c(OC(C)C)c1Cl. The third-order valence-electron chi connectivity index (χ3n) is 3.05. The molecule has 23 heavy (non-hydrogen) atoms. The van der Waals surface area contributed by atoms with E-state index in [9.17, 15) is 13.2 Å². The third-order valence-corrected chi connectivity index (χ3v) is 4.55. The zero-order valence-electron chi connectivity index (χ0n) is 13.1. The first-order chi connectivity index (χ1) is 10.6. The lowest BCUT2D eigenvalue weighted by molar-refractivity contribution is 0.103. The molecule has 124 valence electrons. The zero-order chi connectivity index (χ0) is 17.4. The summed E-state index contributed by atoms with van der Waals surface area (Å²) in [5, 5.41) is 3.51. The van der Waals surface area contributed by atoms with E-state index < -0.39 is 15.6 Å². The quantitative estimate of drug-likeness (QED) is 0.764. The van der Waals surface area contributed by atoms with Gasteiger partial charge in [-0.2, -0.15) is 0 Å². The van der Waals surface area contributed by atoms with E-state index in [1.54, 1.807) is 20.8 Å². The molecular weight excluding hydrogens is 342 g/mol. The fourth-order valence-corrected chi connectivity index (χ4v) is 3.17. The number of hydrogen-bond acceptors (Lipinski definition) is 6. The fourth-order valence-electron chi connectivity index (χ4n) is 2.01. The largest absolute Gasteiger partial charge is 0.488 e. The zero-order valence-corrected chi connectivity index (χ0v) is 14.7. The normalized spacial score (nSPS) is 11.7. The summed E-state index contributed by atoms with van der Waals surface area (Å²) in [5.41, 5.74) is 0.385. The number of carbonyl (C=O) groups is 1. The van der Waals surface area contributed by atoms with E-state index in [0.717, 1.165) is 6.26 Å². The van der Waals surface area contributed by atoms with Crippen LogP contribution < -0.4 is 4.74 Å². The molecule has 0 bridgehead atoms. The number of aryl methyl sites for hydroxylation is 1. The topological polar surface area (TPSA) is 86.5 Å². The molecule has 8 heteroatoms. The summed E-state index contributed by atoms with van der Waals surface area (Å²) in [4.78, 5) is 12.5. The highest BCUT2D eigenvalue weighted by atomic mass is 35.5. The van der Waals surface area contributed by atoms with Crippen molar-refractivity contribution in [3.8, 4) is 5.75 Å². The lowest BCUT2D eigenvalue weighted by Crippen LogP contribution is -2.12. The van der Waals surface area contributed by atoms with Crippen molar-refractivity contribution >= 4 is 27.2 Å². The second-order valence-corrected chi connectivity index (χ2v) is 7.68. The molecule has 1 heterocycles. The molecule has 2 rings (SSSR count). The molecule has 0 saturated carbocycles. The van der Waals surface area contributed by atoms with Gasteiger partial charge in [-0.25, -0.2) is 8.42 Å². The smallest absolute Gasteiger partial charge is 0.199 e. The third kappa shape index (κ3) is 3.56. The molecule has 0 radical (unpaired) electrons. The van der Waals surface area contributed by atoms with E-state index in [1.807, 2.05) is 0 Å². The van der Waals surface area contributed by atoms with Crippen molar-refractivity contribution in [1.82, 2.24) is 5.16 Å². The van der Waals surface area contributed by atoms with Gasteiger partial charge in [-0.15, -0.1) is 0 Å². The van der Waals surface area contributed by atoms with Crippen LogP contribution in [0.4, 0.5) is 0 Å². The summed E-state index contributed by atoms with van der Waals surface area (Å²) >= 11 is 6.27. The maximum absolute atomic E-state index is 12.6. The first-order valence-corrected chi connectivity index (χ1v) is 9.05. The highest BCUT2D eigenvalue weighted by molar-refractivity contribution is 7.90. The van der Waals surface area contributed by atoms with Gasteiger partial charge in [0.15, 0.2) is 21.4 Å². The van der Waals surface area contributed by atoms with Gasteiger partial charge in [-0.1, -0.05) is 16.8 Å². The molecule has 0 amide bonds. The molecule has 6 nitrogen and oxygen atoms in total. The molecule has 0 spiro atoms. The lowest BCUT2D eigenvalue weighted by atomic mass is 10.0. The average Bonchev–Trinajstić information content (AvgIpc) is 2.84. The first-order valence-electron chi connectivity index (χ1n) is 6.78. The van der Waals surface area contributed by atoms with E-state index in [-0.39, 0.29) is 32.9 Å². The van der Waals surface area contributed by atoms with Crippen LogP contribution in [-0.4, -0.2) is 31.7 Å². The number of hydrogen-bond donors (Lipinski definition) is 0. The monoisotopic (exact) mass is 357 g/mol. The Balaban J connectivity index is 2.64. The minimum Gasteiger partial charge on any atom is -0.488 e. The van der Waals surface area contributed by atoms with Crippen LogP contribution in [0.5, 0.6) is 5.75 Å². The molecule has 0 saturated heterocycles. The predicted molar refractivity (Wildman–Crippen MR) is 85.0 cm³/mol. The fraction of sp³-hybridized carbons (Fsp3) is 0.333. The predicted octanol–water partition coefficient (Wildman–Crippen LogP) is 3.06. The molecule has 2 aromatic rings. The number of sulfone groups is 1. The summed E-state index contributed by atoms with van der Waals surface area (Å²) in [6.07, 6.45) is 2.04. The molecule has 0 aliphatic heterocycles. The van der Waals surface area contributed by atoms with Crippen molar-refractivity contribution in [1.29, 1.82) is 0 Å². The average molecular weight is 358 g/mol. The lowest BCUT2D eigenvalue weighted by Gasteiger charge is -2.16. The highest BCUT2D eigenvalue weighted by Crippen LogP contribution is 2.37. The van der Waals surface area contributed by atoms with Crippen LogP contribution in [0.2, 0.25) is 5.02 Å². The first kappa shape index (κ1) is 17.5. The van der Waals surface area contributed by atoms with Crippen molar-refractivity contribution in [3.63, 3.8) is 0 Å². The number of ether oxygens (including phenoxy) is 1. The second kappa shape index (κ2) is 6.33. The number of aromatic nitrogens is 1. The van der Waals surface area contributed by atoms with Crippen molar-refractivity contribution in [2.24, 2.45) is 0 Å². The maximum Gasteiger partial charge on any atom is 0.199 e. The molecule has 1 aromatic heterocycles. The standard InChI is InChI=1S/C15H16ClNO5S/c1-8(2)21-15-12(23(4,19)20)6-5-10(13(15)16)14(18)11-7-17-22-9(11)3/h5-8H,1-4H3. The maximum atomic E-state index is 12.6. The molecule has 0 fully saturated rings. The Hall–Kier alpha value is -1.86. The second-order valence-electron chi connectivity index (χ2n) is 5.32. The van der Waals surface area contributed by atoms with Crippen LogP contribution in [0.25, 0.3) is 0 Å².